The summed E-state index contributed by atoms with van der Waals surface area (Å²) in [5.41, 5.74) is -0.573. The molecule has 0 bridgehead atoms. The first-order valence-corrected chi connectivity index (χ1v) is 9.18. The van der Waals surface area contributed by atoms with Gasteiger partial charge in [0.05, 0.1) is 11.3 Å². The fourth-order valence-corrected chi connectivity index (χ4v) is 3.79. The minimum atomic E-state index is -4.34. The van der Waals surface area contributed by atoms with E-state index >= 15 is 0 Å². The number of likely N-dealkylation sites (tertiary alicyclic amines) is 2. The van der Waals surface area contributed by atoms with Crippen LogP contribution in [0.3, 0.4) is 0 Å². The molecule has 2 saturated heterocycles. The van der Waals surface area contributed by atoms with E-state index in [9.17, 15) is 18.0 Å². The first-order chi connectivity index (χ1) is 12.5. The van der Waals surface area contributed by atoms with E-state index in [1.165, 1.54) is 6.20 Å². The van der Waals surface area contributed by atoms with Gasteiger partial charge >= 0.3 is 12.3 Å². The van der Waals surface area contributed by atoms with Crippen molar-refractivity contribution >= 4 is 6.09 Å². The van der Waals surface area contributed by atoms with Crippen molar-refractivity contribution in [2.45, 2.75) is 51.9 Å². The van der Waals surface area contributed by atoms with Crippen LogP contribution in [-0.2, 0) is 17.5 Å². The van der Waals surface area contributed by atoms with E-state index in [0.717, 1.165) is 38.1 Å². The number of rotatable bonds is 2. The highest BCUT2D eigenvalue weighted by atomic mass is 19.4. The summed E-state index contributed by atoms with van der Waals surface area (Å²) in [5, 5.41) is 0. The Labute approximate surface area is 157 Å². The predicted octanol–water partition coefficient (Wildman–Crippen LogP) is 3.93. The summed E-state index contributed by atoms with van der Waals surface area (Å²) in [6, 6.07) is 2.11. The van der Waals surface area contributed by atoms with Crippen LogP contribution in [0.4, 0.5) is 18.0 Å². The Morgan fingerprint density at radius 1 is 1.22 bits per heavy atom. The Morgan fingerprint density at radius 2 is 1.85 bits per heavy atom. The molecule has 27 heavy (non-hydrogen) atoms. The van der Waals surface area contributed by atoms with Gasteiger partial charge in [-0.15, -0.1) is 0 Å². The molecule has 0 saturated carbocycles. The molecule has 2 fully saturated rings. The Hall–Kier alpha value is -1.83. The maximum absolute atomic E-state index is 12.8. The number of nitrogens with zero attached hydrogens (tertiary/aromatic N) is 3. The summed E-state index contributed by atoms with van der Waals surface area (Å²) < 4.78 is 43.8. The van der Waals surface area contributed by atoms with Crippen LogP contribution in [0.15, 0.2) is 18.3 Å². The zero-order chi connectivity index (χ0) is 19.9. The molecular weight excluding hydrogens is 359 g/mol. The smallest absolute Gasteiger partial charge is 0.416 e. The predicted molar refractivity (Wildman–Crippen MR) is 94.0 cm³/mol. The first kappa shape index (κ1) is 19.9. The number of piperidine rings is 1. The molecule has 2 aliphatic heterocycles. The number of carbonyl (C=O) groups is 1. The molecular formula is C19H26F3N3O2. The minimum absolute atomic E-state index is 0.153. The third-order valence-electron chi connectivity index (χ3n) is 5.12. The lowest BCUT2D eigenvalue weighted by Gasteiger charge is -2.54. The Morgan fingerprint density at radius 3 is 2.41 bits per heavy atom. The number of alkyl halides is 3. The molecule has 1 aromatic heterocycles. The average molecular weight is 385 g/mol. The molecule has 1 amide bonds. The van der Waals surface area contributed by atoms with Gasteiger partial charge in [0.25, 0.3) is 0 Å². The summed E-state index contributed by atoms with van der Waals surface area (Å²) in [6.07, 6.45) is -1.63. The number of aromatic nitrogens is 1. The van der Waals surface area contributed by atoms with Gasteiger partial charge in [-0.25, -0.2) is 4.79 Å². The molecule has 1 spiro atoms. The highest BCUT2D eigenvalue weighted by molar-refractivity contribution is 5.68. The monoisotopic (exact) mass is 385 g/mol. The summed E-state index contributed by atoms with van der Waals surface area (Å²) >= 11 is 0. The fraction of sp³-hybridized carbons (Fsp3) is 0.684. The number of halogens is 3. The molecule has 0 aliphatic carbocycles. The lowest BCUT2D eigenvalue weighted by Crippen LogP contribution is -2.60. The molecule has 0 unspecified atom stereocenters. The van der Waals surface area contributed by atoms with Crippen molar-refractivity contribution in [3.8, 4) is 0 Å². The molecule has 150 valence electrons. The van der Waals surface area contributed by atoms with Crippen LogP contribution >= 0.6 is 0 Å². The number of amides is 1. The molecule has 3 heterocycles. The second-order valence-corrected chi connectivity index (χ2v) is 8.65. The number of hydrogen-bond acceptors (Lipinski definition) is 4. The van der Waals surface area contributed by atoms with Gasteiger partial charge in [-0.05, 0) is 51.2 Å². The van der Waals surface area contributed by atoms with Crippen molar-refractivity contribution in [2.24, 2.45) is 5.41 Å². The molecule has 0 radical (unpaired) electrons. The number of hydrogen-bond donors (Lipinski definition) is 0. The minimum Gasteiger partial charge on any atom is -0.444 e. The van der Waals surface area contributed by atoms with Crippen molar-refractivity contribution in [3.05, 3.63) is 29.6 Å². The molecule has 0 atom stereocenters. The van der Waals surface area contributed by atoms with E-state index in [0.29, 0.717) is 25.3 Å². The van der Waals surface area contributed by atoms with Crippen LogP contribution < -0.4 is 0 Å². The molecule has 8 heteroatoms. The van der Waals surface area contributed by atoms with Crippen LogP contribution in [0.5, 0.6) is 0 Å². The Kier molecular flexibility index (Phi) is 5.14. The van der Waals surface area contributed by atoms with E-state index in [2.05, 4.69) is 9.88 Å². The van der Waals surface area contributed by atoms with Gasteiger partial charge in [0.2, 0.25) is 0 Å². The van der Waals surface area contributed by atoms with Gasteiger partial charge in [0.15, 0.2) is 0 Å². The van der Waals surface area contributed by atoms with E-state index in [1.807, 2.05) is 20.8 Å². The standard InChI is InChI=1S/C19H26F3N3O2/c1-17(2,3)27-16(26)25-8-5-18(6-9-25)12-24(13-18)11-15-10-14(4-7-23-15)19(20,21)22/h4,7,10H,5-6,8-9,11-13H2,1-3H3. The van der Waals surface area contributed by atoms with E-state index < -0.39 is 17.3 Å². The van der Waals surface area contributed by atoms with Gasteiger partial charge in [0, 0.05) is 38.9 Å². The van der Waals surface area contributed by atoms with E-state index in [1.54, 1.807) is 4.90 Å². The van der Waals surface area contributed by atoms with Gasteiger partial charge in [0.1, 0.15) is 5.60 Å². The first-order valence-electron chi connectivity index (χ1n) is 9.18. The number of pyridine rings is 1. The molecule has 2 aliphatic rings. The largest absolute Gasteiger partial charge is 0.444 e. The van der Waals surface area contributed by atoms with Gasteiger partial charge < -0.3 is 9.64 Å². The second kappa shape index (κ2) is 6.96. The van der Waals surface area contributed by atoms with Gasteiger partial charge in [-0.1, -0.05) is 0 Å². The zero-order valence-corrected chi connectivity index (χ0v) is 16.0. The van der Waals surface area contributed by atoms with Crippen LogP contribution in [0, 0.1) is 5.41 Å². The molecule has 0 aromatic carbocycles. The number of ether oxygens (including phenoxy) is 1. The second-order valence-electron chi connectivity index (χ2n) is 8.65. The maximum Gasteiger partial charge on any atom is 0.416 e. The summed E-state index contributed by atoms with van der Waals surface area (Å²) in [4.78, 5) is 20.1. The van der Waals surface area contributed by atoms with E-state index in [4.69, 9.17) is 4.74 Å². The normalized spacial score (nSPS) is 20.4. The molecule has 5 nitrogen and oxygen atoms in total. The zero-order valence-electron chi connectivity index (χ0n) is 16.0. The highest BCUT2D eigenvalue weighted by Gasteiger charge is 2.45. The Balaban J connectivity index is 1.48. The third kappa shape index (κ3) is 4.91. The fourth-order valence-electron chi connectivity index (χ4n) is 3.79. The molecule has 1 aromatic rings. The summed E-state index contributed by atoms with van der Waals surface area (Å²) in [6.45, 7) is 8.93. The van der Waals surface area contributed by atoms with E-state index in [-0.39, 0.29) is 11.5 Å². The van der Waals surface area contributed by atoms with Crippen LogP contribution in [0.2, 0.25) is 0 Å². The van der Waals surface area contributed by atoms with Crippen molar-refractivity contribution < 1.29 is 22.7 Å². The lowest BCUT2D eigenvalue weighted by molar-refractivity contribution is -0.137. The van der Waals surface area contributed by atoms with Crippen LogP contribution in [0.1, 0.15) is 44.9 Å². The molecule has 3 rings (SSSR count). The topological polar surface area (TPSA) is 45.7 Å². The van der Waals surface area contributed by atoms with Crippen LogP contribution in [-0.4, -0.2) is 52.7 Å². The van der Waals surface area contributed by atoms with Crippen molar-refractivity contribution in [1.29, 1.82) is 0 Å². The lowest BCUT2D eigenvalue weighted by atomic mass is 9.72. The summed E-state index contributed by atoms with van der Waals surface area (Å²) in [5.74, 6) is 0. The van der Waals surface area contributed by atoms with Gasteiger partial charge in [-0.2, -0.15) is 13.2 Å². The number of carbonyl (C=O) groups excluding carboxylic acids is 1. The highest BCUT2D eigenvalue weighted by Crippen LogP contribution is 2.41. The third-order valence-corrected chi connectivity index (χ3v) is 5.12. The van der Waals surface area contributed by atoms with Gasteiger partial charge in [-0.3, -0.25) is 9.88 Å². The molecule has 0 N–H and O–H groups in total. The maximum atomic E-state index is 12.8. The average Bonchev–Trinajstić information content (AvgIpc) is 2.52. The quantitative estimate of drug-likeness (QED) is 0.774. The van der Waals surface area contributed by atoms with Crippen molar-refractivity contribution in [2.75, 3.05) is 26.2 Å². The van der Waals surface area contributed by atoms with Crippen molar-refractivity contribution in [1.82, 2.24) is 14.8 Å². The SMILES string of the molecule is CC(C)(C)OC(=O)N1CCC2(CC1)CN(Cc1cc(C(F)(F)F)ccn1)C2. The summed E-state index contributed by atoms with van der Waals surface area (Å²) in [7, 11) is 0. The Bertz CT molecular complexity index is 684. The van der Waals surface area contributed by atoms with Crippen molar-refractivity contribution in [3.63, 3.8) is 0 Å². The van der Waals surface area contributed by atoms with Crippen LogP contribution in [0.25, 0.3) is 0 Å².